The lowest BCUT2D eigenvalue weighted by Crippen LogP contribution is -3.10. The van der Waals surface area contributed by atoms with Crippen molar-refractivity contribution in [3.8, 4) is 0 Å². The molecule has 1 fully saturated rings. The number of nitrogens with one attached hydrogen (secondary N) is 3. The van der Waals surface area contributed by atoms with Crippen molar-refractivity contribution in [1.29, 1.82) is 0 Å². The Hall–Kier alpha value is -2.21. The topological polar surface area (TPSA) is 79.3 Å². The average Bonchev–Trinajstić information content (AvgIpc) is 3.00. The van der Waals surface area contributed by atoms with Gasteiger partial charge in [-0.15, -0.1) is 0 Å². The van der Waals surface area contributed by atoms with Crippen molar-refractivity contribution in [2.24, 2.45) is 0 Å². The van der Waals surface area contributed by atoms with Gasteiger partial charge in [0.05, 0.1) is 31.7 Å². The third kappa shape index (κ3) is 3.01. The van der Waals surface area contributed by atoms with Crippen molar-refractivity contribution in [3.63, 3.8) is 0 Å². The first-order valence-electron chi connectivity index (χ1n) is 7.75. The first-order valence-corrected chi connectivity index (χ1v) is 7.75. The molecule has 1 aliphatic rings. The lowest BCUT2D eigenvalue weighted by Gasteiger charge is -2.12. The molecule has 116 valence electrons. The molecule has 1 saturated heterocycles. The van der Waals surface area contributed by atoms with Gasteiger partial charge < -0.3 is 15.2 Å². The number of quaternary nitrogens is 1. The van der Waals surface area contributed by atoms with Crippen LogP contribution in [0.1, 0.15) is 28.9 Å². The normalized spacial score (nSPS) is 15.3. The van der Waals surface area contributed by atoms with Crippen LogP contribution in [0, 0.1) is 6.92 Å². The maximum atomic E-state index is 12.2. The fourth-order valence-corrected chi connectivity index (χ4v) is 3.01. The molecule has 0 atom stereocenters. The van der Waals surface area contributed by atoms with Crippen LogP contribution in [-0.2, 0) is 0 Å². The van der Waals surface area contributed by atoms with E-state index in [-0.39, 0.29) is 17.0 Å². The Morgan fingerprint density at radius 3 is 2.95 bits per heavy atom. The monoisotopic (exact) mass is 301 g/mol. The quantitative estimate of drug-likeness (QED) is 0.721. The van der Waals surface area contributed by atoms with Crippen molar-refractivity contribution < 1.29 is 9.69 Å². The van der Waals surface area contributed by atoms with Gasteiger partial charge in [-0.2, -0.15) is 0 Å². The molecule has 22 heavy (non-hydrogen) atoms. The van der Waals surface area contributed by atoms with E-state index in [9.17, 15) is 9.59 Å². The van der Waals surface area contributed by atoms with Gasteiger partial charge in [0.25, 0.3) is 11.5 Å². The third-order valence-corrected chi connectivity index (χ3v) is 4.29. The molecule has 0 spiro atoms. The number of carbonyl (C=O) groups excluding carboxylic acids is 1. The zero-order valence-electron chi connectivity index (χ0n) is 12.7. The summed E-state index contributed by atoms with van der Waals surface area (Å²) < 4.78 is 0. The largest absolute Gasteiger partial charge is 0.346 e. The molecule has 0 radical (unpaired) electrons. The lowest BCUT2D eigenvalue weighted by molar-refractivity contribution is -0.886. The van der Waals surface area contributed by atoms with Gasteiger partial charge in [0.1, 0.15) is 5.56 Å². The lowest BCUT2D eigenvalue weighted by atomic mass is 10.1. The summed E-state index contributed by atoms with van der Waals surface area (Å²) in [5, 5.41) is 3.65. The van der Waals surface area contributed by atoms with E-state index in [1.165, 1.54) is 30.8 Å². The predicted octanol–water partition coefficient (Wildman–Crippen LogP) is -0.360. The SMILES string of the molecule is Cc1nccc2[nH]c(=O)c(C(=O)NCC[NH+]3CCCC3)cc12. The van der Waals surface area contributed by atoms with Gasteiger partial charge >= 0.3 is 0 Å². The average molecular weight is 301 g/mol. The fraction of sp³-hybridized carbons (Fsp3) is 0.438. The maximum absolute atomic E-state index is 12.2. The standard InChI is InChI=1S/C16H20N4O2/c1-11-12-10-13(16(22)19-14(12)4-5-17-11)15(21)18-6-9-20-7-2-3-8-20/h4-5,10H,2-3,6-9H2,1H3,(H,18,21)(H,19,22)/p+1. The molecular formula is C16H21N4O2+. The minimum atomic E-state index is -0.357. The molecule has 0 unspecified atom stereocenters. The van der Waals surface area contributed by atoms with E-state index in [4.69, 9.17) is 0 Å². The van der Waals surface area contributed by atoms with E-state index in [1.807, 2.05) is 6.92 Å². The van der Waals surface area contributed by atoms with Gasteiger partial charge in [-0.1, -0.05) is 0 Å². The maximum Gasteiger partial charge on any atom is 0.261 e. The van der Waals surface area contributed by atoms with Crippen LogP contribution in [0.3, 0.4) is 0 Å². The van der Waals surface area contributed by atoms with Crippen molar-refractivity contribution in [1.82, 2.24) is 15.3 Å². The number of pyridine rings is 2. The predicted molar refractivity (Wildman–Crippen MR) is 84.2 cm³/mol. The second-order valence-corrected chi connectivity index (χ2v) is 5.83. The molecule has 0 aliphatic carbocycles. The zero-order valence-corrected chi connectivity index (χ0v) is 12.7. The molecular weight excluding hydrogens is 280 g/mol. The summed E-state index contributed by atoms with van der Waals surface area (Å²) in [5.41, 5.74) is 1.30. The molecule has 0 saturated carbocycles. The number of rotatable bonds is 4. The van der Waals surface area contributed by atoms with E-state index in [0.29, 0.717) is 12.1 Å². The minimum Gasteiger partial charge on any atom is -0.346 e. The molecule has 3 heterocycles. The highest BCUT2D eigenvalue weighted by Gasteiger charge is 2.16. The molecule has 0 aromatic carbocycles. The van der Waals surface area contributed by atoms with Crippen LogP contribution in [-0.4, -0.2) is 42.1 Å². The summed E-state index contributed by atoms with van der Waals surface area (Å²) in [6, 6.07) is 3.37. The van der Waals surface area contributed by atoms with E-state index in [0.717, 1.165) is 17.6 Å². The molecule has 2 aromatic heterocycles. The number of aromatic amines is 1. The number of amides is 1. The minimum absolute atomic E-state index is 0.153. The number of likely N-dealkylation sites (tertiary alicyclic amines) is 1. The summed E-state index contributed by atoms with van der Waals surface area (Å²) in [6.07, 6.45) is 4.17. The Bertz CT molecular complexity index is 747. The summed E-state index contributed by atoms with van der Waals surface area (Å²) in [5.74, 6) is -0.315. The molecule has 2 aromatic rings. The Balaban J connectivity index is 1.74. The van der Waals surface area contributed by atoms with Gasteiger partial charge in [0, 0.05) is 30.1 Å². The highest BCUT2D eigenvalue weighted by molar-refractivity contribution is 5.97. The van der Waals surface area contributed by atoms with Gasteiger partial charge in [-0.3, -0.25) is 14.6 Å². The Morgan fingerprint density at radius 1 is 1.41 bits per heavy atom. The molecule has 1 amide bonds. The van der Waals surface area contributed by atoms with Gasteiger partial charge in [0.15, 0.2) is 0 Å². The highest BCUT2D eigenvalue weighted by atomic mass is 16.2. The van der Waals surface area contributed by atoms with Crippen molar-refractivity contribution >= 4 is 16.8 Å². The Labute approximate surface area is 128 Å². The number of hydrogen-bond donors (Lipinski definition) is 3. The molecule has 1 aliphatic heterocycles. The molecule has 3 rings (SSSR count). The Morgan fingerprint density at radius 2 is 2.18 bits per heavy atom. The van der Waals surface area contributed by atoms with Crippen molar-refractivity contribution in [2.75, 3.05) is 26.2 Å². The number of aryl methyl sites for hydroxylation is 1. The van der Waals surface area contributed by atoms with Crippen LogP contribution in [0.5, 0.6) is 0 Å². The van der Waals surface area contributed by atoms with Crippen LogP contribution < -0.4 is 15.8 Å². The molecule has 3 N–H and O–H groups in total. The van der Waals surface area contributed by atoms with Gasteiger partial charge in [-0.05, 0) is 19.1 Å². The van der Waals surface area contributed by atoms with Crippen LogP contribution in [0.25, 0.3) is 10.9 Å². The highest BCUT2D eigenvalue weighted by Crippen LogP contribution is 2.13. The first kappa shape index (κ1) is 14.7. The number of aromatic nitrogens is 2. The third-order valence-electron chi connectivity index (χ3n) is 4.29. The number of hydrogen-bond acceptors (Lipinski definition) is 3. The molecule has 6 nitrogen and oxygen atoms in total. The van der Waals surface area contributed by atoms with Crippen LogP contribution >= 0.6 is 0 Å². The van der Waals surface area contributed by atoms with Gasteiger partial charge in [0.2, 0.25) is 0 Å². The van der Waals surface area contributed by atoms with E-state index in [1.54, 1.807) is 18.3 Å². The van der Waals surface area contributed by atoms with E-state index >= 15 is 0 Å². The first-order chi connectivity index (χ1) is 10.6. The summed E-state index contributed by atoms with van der Waals surface area (Å²) in [4.78, 5) is 32.8. The Kier molecular flexibility index (Phi) is 4.20. The van der Waals surface area contributed by atoms with E-state index < -0.39 is 0 Å². The summed E-state index contributed by atoms with van der Waals surface area (Å²) in [7, 11) is 0. The molecule has 0 bridgehead atoms. The van der Waals surface area contributed by atoms with Crippen LogP contribution in [0.2, 0.25) is 0 Å². The fourth-order valence-electron chi connectivity index (χ4n) is 3.01. The smallest absolute Gasteiger partial charge is 0.261 e. The van der Waals surface area contributed by atoms with E-state index in [2.05, 4.69) is 15.3 Å². The van der Waals surface area contributed by atoms with Crippen molar-refractivity contribution in [3.05, 3.63) is 39.9 Å². The summed E-state index contributed by atoms with van der Waals surface area (Å²) in [6.45, 7) is 5.73. The number of carbonyl (C=O) groups is 1. The second-order valence-electron chi connectivity index (χ2n) is 5.83. The molecule has 6 heteroatoms. The van der Waals surface area contributed by atoms with Crippen LogP contribution in [0.15, 0.2) is 23.1 Å². The number of nitrogens with zero attached hydrogens (tertiary/aromatic N) is 1. The second kappa shape index (κ2) is 6.27. The van der Waals surface area contributed by atoms with Crippen LogP contribution in [0.4, 0.5) is 0 Å². The van der Waals surface area contributed by atoms with Gasteiger partial charge in [-0.25, -0.2) is 0 Å². The van der Waals surface area contributed by atoms with Crippen molar-refractivity contribution in [2.45, 2.75) is 19.8 Å². The number of H-pyrrole nitrogens is 1. The number of fused-ring (bicyclic) bond motifs is 1. The zero-order chi connectivity index (χ0) is 15.5. The summed E-state index contributed by atoms with van der Waals surface area (Å²) >= 11 is 0.